The fourth-order valence-electron chi connectivity index (χ4n) is 1.75. The van der Waals surface area contributed by atoms with Gasteiger partial charge in [-0.15, -0.1) is 0 Å². The highest BCUT2D eigenvalue weighted by atomic mass is 32.2. The van der Waals surface area contributed by atoms with Gasteiger partial charge >= 0.3 is 0 Å². The van der Waals surface area contributed by atoms with E-state index in [0.29, 0.717) is 11.3 Å². The highest BCUT2D eigenvalue weighted by molar-refractivity contribution is 7.87. The first-order valence-corrected chi connectivity index (χ1v) is 11.1. The average Bonchev–Trinajstić information content (AvgIpc) is 2.24. The van der Waals surface area contributed by atoms with Crippen LogP contribution < -0.4 is 0 Å². The van der Waals surface area contributed by atoms with Crippen molar-refractivity contribution in [1.29, 1.82) is 0 Å². The maximum atomic E-state index is 12.2. The Morgan fingerprint density at radius 1 is 1.11 bits per heavy atom. The maximum absolute atomic E-state index is 12.2. The highest BCUT2D eigenvalue weighted by Crippen LogP contribution is 2.23. The van der Waals surface area contributed by atoms with Crippen LogP contribution in [0.3, 0.4) is 0 Å². The van der Waals surface area contributed by atoms with Crippen LogP contribution in [0.25, 0.3) is 0 Å². The van der Waals surface area contributed by atoms with Crippen LogP contribution in [-0.4, -0.2) is 16.7 Å². The van der Waals surface area contributed by atoms with Gasteiger partial charge in [0.1, 0.15) is 0 Å². The zero-order valence-corrected chi connectivity index (χ0v) is 13.6. The maximum Gasteiger partial charge on any atom is 0.287 e. The summed E-state index contributed by atoms with van der Waals surface area (Å²) in [4.78, 5) is 0.324. The van der Waals surface area contributed by atoms with Crippen molar-refractivity contribution in [3.63, 3.8) is 0 Å². The van der Waals surface area contributed by atoms with E-state index in [9.17, 15) is 8.42 Å². The molecule has 0 fully saturated rings. The summed E-state index contributed by atoms with van der Waals surface area (Å²) >= 11 is 0. The van der Waals surface area contributed by atoms with Gasteiger partial charge in [0, 0.05) is 0 Å². The molecule has 0 radical (unpaired) electrons. The molecule has 5 heteroatoms. The lowest BCUT2D eigenvalue weighted by molar-refractivity contribution is 0.484. The molecule has 1 rings (SSSR count). The molecule has 1 aromatic rings. The molecule has 0 aromatic heterocycles. The van der Waals surface area contributed by atoms with Crippen LogP contribution in [0.5, 0.6) is 0 Å². The Hall–Kier alpha value is -0.653. The lowest BCUT2D eigenvalue weighted by Gasteiger charge is -2.18. The number of rotatable bonds is 5. The summed E-state index contributed by atoms with van der Waals surface area (Å²) in [5.41, 5.74) is 1.99. The van der Waals surface area contributed by atoms with E-state index >= 15 is 0 Å². The third kappa shape index (κ3) is 3.93. The zero-order chi connectivity index (χ0) is 14.0. The van der Waals surface area contributed by atoms with Crippen LogP contribution in [-0.2, 0) is 26.8 Å². The number of hydrogen-bond acceptors (Lipinski definition) is 3. The average molecular weight is 286 g/mol. The van der Waals surface area contributed by atoms with E-state index in [0.717, 1.165) is 17.5 Å². The molecular weight excluding hydrogens is 264 g/mol. The summed E-state index contributed by atoms with van der Waals surface area (Å²) in [6.07, 6.45) is 1.60. The predicted octanol–water partition coefficient (Wildman–Crippen LogP) is 3.35. The molecule has 0 unspecified atom stereocenters. The minimum Gasteiger partial charge on any atom is -0.312 e. The summed E-state index contributed by atoms with van der Waals surface area (Å²) in [6.45, 7) is 9.63. The van der Waals surface area contributed by atoms with Gasteiger partial charge in [0.15, 0.2) is 0 Å². The van der Waals surface area contributed by atoms with E-state index in [-0.39, 0.29) is 0 Å². The first-order chi connectivity index (χ1) is 8.19. The minimum absolute atomic E-state index is 0.324. The van der Waals surface area contributed by atoms with Crippen molar-refractivity contribution in [3.05, 3.63) is 29.3 Å². The van der Waals surface area contributed by atoms with Gasteiger partial charge in [-0.05, 0) is 49.7 Å². The number of hydrogen-bond donors (Lipinski definition) is 0. The van der Waals surface area contributed by atoms with E-state index < -0.39 is 18.4 Å². The van der Waals surface area contributed by atoms with Gasteiger partial charge in [-0.1, -0.05) is 26.0 Å². The minimum atomic E-state index is -3.62. The standard InChI is InChI=1S/C13H22O3SSi/c1-6-11-8-9-13(12(7-2)10-11)17(14,15)16-18(3,4)5/h8-10H,6-7H2,1-5H3. The molecular formula is C13H22O3SSi. The van der Waals surface area contributed by atoms with Gasteiger partial charge in [-0.25, -0.2) is 0 Å². The Bertz CT molecular complexity index is 516. The second-order valence-corrected chi connectivity index (χ2v) is 11.5. The van der Waals surface area contributed by atoms with Crippen LogP contribution in [0, 0.1) is 0 Å². The molecule has 0 aliphatic rings. The smallest absolute Gasteiger partial charge is 0.287 e. The van der Waals surface area contributed by atoms with Crippen molar-refractivity contribution in [2.45, 2.75) is 51.2 Å². The lowest BCUT2D eigenvalue weighted by Crippen LogP contribution is -2.29. The van der Waals surface area contributed by atoms with E-state index in [2.05, 4.69) is 6.92 Å². The number of aryl methyl sites for hydroxylation is 2. The van der Waals surface area contributed by atoms with Crippen molar-refractivity contribution in [2.75, 3.05) is 0 Å². The molecule has 3 nitrogen and oxygen atoms in total. The highest BCUT2D eigenvalue weighted by Gasteiger charge is 2.27. The molecule has 18 heavy (non-hydrogen) atoms. The third-order valence-corrected chi connectivity index (χ3v) is 6.36. The second kappa shape index (κ2) is 5.55. The third-order valence-electron chi connectivity index (χ3n) is 2.54. The zero-order valence-electron chi connectivity index (χ0n) is 11.8. The SMILES string of the molecule is CCc1ccc(S(=O)(=O)O[Si](C)(C)C)c(CC)c1. The van der Waals surface area contributed by atoms with E-state index in [4.69, 9.17) is 3.87 Å². The molecule has 0 saturated carbocycles. The Balaban J connectivity index is 3.24. The predicted molar refractivity (Wildman–Crippen MR) is 76.8 cm³/mol. The fraction of sp³-hybridized carbons (Fsp3) is 0.538. The van der Waals surface area contributed by atoms with Crippen molar-refractivity contribution in [3.8, 4) is 0 Å². The monoisotopic (exact) mass is 286 g/mol. The van der Waals surface area contributed by atoms with Crippen molar-refractivity contribution >= 4 is 18.4 Å². The first-order valence-electron chi connectivity index (χ1n) is 6.27. The molecule has 0 N–H and O–H groups in total. The molecule has 0 bridgehead atoms. The molecule has 0 amide bonds. The molecule has 0 heterocycles. The van der Waals surface area contributed by atoms with Crippen molar-refractivity contribution < 1.29 is 12.3 Å². The largest absolute Gasteiger partial charge is 0.312 e. The van der Waals surface area contributed by atoms with E-state index in [1.165, 1.54) is 0 Å². The molecule has 0 aliphatic carbocycles. The van der Waals surface area contributed by atoms with Crippen molar-refractivity contribution in [2.24, 2.45) is 0 Å². The van der Waals surface area contributed by atoms with Gasteiger partial charge in [0.2, 0.25) is 8.32 Å². The second-order valence-electron chi connectivity index (χ2n) is 5.30. The van der Waals surface area contributed by atoms with Crippen LogP contribution in [0.1, 0.15) is 25.0 Å². The summed E-state index contributed by atoms with van der Waals surface area (Å²) in [5, 5.41) is 0. The Kier molecular flexibility index (Phi) is 4.75. The quantitative estimate of drug-likeness (QED) is 0.780. The summed E-state index contributed by atoms with van der Waals surface area (Å²) in [7, 11) is -5.74. The number of benzene rings is 1. The normalized spacial score (nSPS) is 12.7. The van der Waals surface area contributed by atoms with Gasteiger partial charge in [-0.2, -0.15) is 8.42 Å². The fourth-order valence-corrected chi connectivity index (χ4v) is 5.50. The van der Waals surface area contributed by atoms with Gasteiger partial charge < -0.3 is 3.87 Å². The molecule has 0 aliphatic heterocycles. The lowest BCUT2D eigenvalue weighted by atomic mass is 10.1. The Morgan fingerprint density at radius 2 is 1.72 bits per heavy atom. The van der Waals surface area contributed by atoms with E-state index in [1.54, 1.807) is 6.07 Å². The topological polar surface area (TPSA) is 43.4 Å². The molecule has 1 aromatic carbocycles. The molecule has 0 atom stereocenters. The van der Waals surface area contributed by atoms with Crippen molar-refractivity contribution in [1.82, 2.24) is 0 Å². The summed E-state index contributed by atoms with van der Waals surface area (Å²) in [5.74, 6) is 0. The van der Waals surface area contributed by atoms with Crippen LogP contribution in [0.15, 0.2) is 23.1 Å². The van der Waals surface area contributed by atoms with Gasteiger partial charge in [0.05, 0.1) is 4.90 Å². The summed E-state index contributed by atoms with van der Waals surface area (Å²) in [6, 6.07) is 5.49. The summed E-state index contributed by atoms with van der Waals surface area (Å²) < 4.78 is 29.8. The van der Waals surface area contributed by atoms with Crippen LogP contribution in [0.2, 0.25) is 19.6 Å². The molecule has 0 saturated heterocycles. The van der Waals surface area contributed by atoms with Gasteiger partial charge in [0.25, 0.3) is 10.1 Å². The van der Waals surface area contributed by atoms with E-state index in [1.807, 2.05) is 38.7 Å². The molecule has 0 spiro atoms. The van der Waals surface area contributed by atoms with Crippen LogP contribution >= 0.6 is 0 Å². The molecule has 102 valence electrons. The Morgan fingerprint density at radius 3 is 2.17 bits per heavy atom. The van der Waals surface area contributed by atoms with Crippen LogP contribution in [0.4, 0.5) is 0 Å². The first kappa shape index (κ1) is 15.4. The Labute approximate surface area is 111 Å². The van der Waals surface area contributed by atoms with Gasteiger partial charge in [-0.3, -0.25) is 0 Å².